The number of anilines is 1. The Kier molecular flexibility index (Phi) is 5.62. The molecule has 0 radical (unpaired) electrons. The number of nitrogens with zero attached hydrogens (tertiary/aromatic N) is 1. The highest BCUT2D eigenvalue weighted by atomic mass is 16.2. The first-order valence-electron chi connectivity index (χ1n) is 8.06. The number of benzene rings is 1. The lowest BCUT2D eigenvalue weighted by molar-refractivity contribution is 0.205. The Hall–Kier alpha value is -1.55. The van der Waals surface area contributed by atoms with Crippen LogP contribution in [0.5, 0.6) is 0 Å². The molecule has 0 aromatic heterocycles. The first-order chi connectivity index (χ1) is 10.2. The normalized spacial score (nSPS) is 19.6. The van der Waals surface area contributed by atoms with Crippen molar-refractivity contribution in [3.05, 3.63) is 29.8 Å². The van der Waals surface area contributed by atoms with Gasteiger partial charge in [0.1, 0.15) is 0 Å². The van der Waals surface area contributed by atoms with E-state index in [-0.39, 0.29) is 6.03 Å². The molecule has 2 unspecified atom stereocenters. The minimum atomic E-state index is 0.0341. The molecule has 21 heavy (non-hydrogen) atoms. The van der Waals surface area contributed by atoms with Gasteiger partial charge >= 0.3 is 6.03 Å². The molecule has 2 amide bonds. The second-order valence-electron chi connectivity index (χ2n) is 5.73. The Bertz CT molecular complexity index is 458. The molecular formula is C17H27N3O. The quantitative estimate of drug-likeness (QED) is 0.866. The summed E-state index contributed by atoms with van der Waals surface area (Å²) in [6.07, 6.45) is 3.28. The Morgan fingerprint density at radius 2 is 2.05 bits per heavy atom. The van der Waals surface area contributed by atoms with Gasteiger partial charge in [-0.3, -0.25) is 0 Å². The van der Waals surface area contributed by atoms with Crippen LogP contribution in [0, 0.1) is 0 Å². The van der Waals surface area contributed by atoms with E-state index in [1.54, 1.807) is 0 Å². The Morgan fingerprint density at radius 1 is 1.33 bits per heavy atom. The summed E-state index contributed by atoms with van der Waals surface area (Å²) >= 11 is 0. The molecule has 1 aliphatic rings. The summed E-state index contributed by atoms with van der Waals surface area (Å²) in [5.41, 5.74) is 2.11. The van der Waals surface area contributed by atoms with E-state index >= 15 is 0 Å². The van der Waals surface area contributed by atoms with Crippen LogP contribution < -0.4 is 10.6 Å². The first-order valence-corrected chi connectivity index (χ1v) is 8.06. The van der Waals surface area contributed by atoms with Crippen LogP contribution >= 0.6 is 0 Å². The average molecular weight is 289 g/mol. The van der Waals surface area contributed by atoms with E-state index < -0.39 is 0 Å². The van der Waals surface area contributed by atoms with Crippen molar-refractivity contribution in [2.75, 3.05) is 18.4 Å². The predicted octanol–water partition coefficient (Wildman–Crippen LogP) is 3.76. The molecule has 1 aromatic rings. The molecule has 2 rings (SSSR count). The molecule has 2 N–H and O–H groups in total. The van der Waals surface area contributed by atoms with E-state index in [4.69, 9.17) is 0 Å². The average Bonchev–Trinajstić information content (AvgIpc) is 2.97. The van der Waals surface area contributed by atoms with Gasteiger partial charge in [-0.05, 0) is 50.4 Å². The Labute approximate surface area is 127 Å². The third kappa shape index (κ3) is 3.97. The fraction of sp³-hybridized carbons (Fsp3) is 0.588. The van der Waals surface area contributed by atoms with E-state index in [2.05, 4.69) is 43.5 Å². The summed E-state index contributed by atoms with van der Waals surface area (Å²) in [5, 5.41) is 6.40. The summed E-state index contributed by atoms with van der Waals surface area (Å²) in [6.45, 7) is 8.22. The molecule has 4 nitrogen and oxygen atoms in total. The number of hydrogen-bond acceptors (Lipinski definition) is 2. The summed E-state index contributed by atoms with van der Waals surface area (Å²) in [6, 6.07) is 8.89. The fourth-order valence-electron chi connectivity index (χ4n) is 3.00. The number of amides is 2. The van der Waals surface area contributed by atoms with Crippen molar-refractivity contribution in [2.45, 2.75) is 52.1 Å². The number of nitrogens with one attached hydrogen (secondary N) is 2. The molecule has 4 heteroatoms. The number of urea groups is 1. The third-order valence-corrected chi connectivity index (χ3v) is 4.28. The molecule has 1 heterocycles. The zero-order valence-corrected chi connectivity index (χ0v) is 13.4. The second-order valence-corrected chi connectivity index (χ2v) is 5.73. The SMILES string of the molecule is CCNC(C)c1ccc(NC(=O)N2CCCC2CC)cc1. The molecule has 0 saturated carbocycles. The van der Waals surface area contributed by atoms with Gasteiger partial charge in [-0.1, -0.05) is 26.0 Å². The van der Waals surface area contributed by atoms with Gasteiger partial charge in [-0.2, -0.15) is 0 Å². The number of carbonyl (C=O) groups excluding carboxylic acids is 1. The van der Waals surface area contributed by atoms with Crippen LogP contribution in [0.4, 0.5) is 10.5 Å². The van der Waals surface area contributed by atoms with E-state index in [1.807, 2.05) is 17.0 Å². The number of rotatable bonds is 5. The number of hydrogen-bond donors (Lipinski definition) is 2. The van der Waals surface area contributed by atoms with Gasteiger partial charge in [0.2, 0.25) is 0 Å². The number of likely N-dealkylation sites (tertiary alicyclic amines) is 1. The van der Waals surface area contributed by atoms with E-state index in [0.29, 0.717) is 12.1 Å². The topological polar surface area (TPSA) is 44.4 Å². The summed E-state index contributed by atoms with van der Waals surface area (Å²) < 4.78 is 0. The van der Waals surface area contributed by atoms with Crippen molar-refractivity contribution in [2.24, 2.45) is 0 Å². The highest BCUT2D eigenvalue weighted by Gasteiger charge is 2.27. The maximum Gasteiger partial charge on any atom is 0.322 e. The van der Waals surface area contributed by atoms with E-state index in [1.165, 1.54) is 5.56 Å². The van der Waals surface area contributed by atoms with Crippen LogP contribution in [0.3, 0.4) is 0 Å². The smallest absolute Gasteiger partial charge is 0.322 e. The molecule has 1 aromatic carbocycles. The number of carbonyl (C=O) groups is 1. The van der Waals surface area contributed by atoms with Gasteiger partial charge in [0.05, 0.1) is 0 Å². The molecule has 1 aliphatic heterocycles. The van der Waals surface area contributed by atoms with Gasteiger partial charge in [-0.25, -0.2) is 4.79 Å². The van der Waals surface area contributed by atoms with Crippen molar-refractivity contribution < 1.29 is 4.79 Å². The Balaban J connectivity index is 1.95. The van der Waals surface area contributed by atoms with Crippen molar-refractivity contribution >= 4 is 11.7 Å². The van der Waals surface area contributed by atoms with Crippen LogP contribution in [0.1, 0.15) is 51.6 Å². The van der Waals surface area contributed by atoms with Crippen molar-refractivity contribution in [3.8, 4) is 0 Å². The first kappa shape index (κ1) is 15.8. The lowest BCUT2D eigenvalue weighted by atomic mass is 10.1. The van der Waals surface area contributed by atoms with Gasteiger partial charge in [-0.15, -0.1) is 0 Å². The molecule has 2 atom stereocenters. The van der Waals surface area contributed by atoms with Gasteiger partial charge < -0.3 is 15.5 Å². The predicted molar refractivity (Wildman–Crippen MR) is 87.6 cm³/mol. The summed E-state index contributed by atoms with van der Waals surface area (Å²) in [5.74, 6) is 0. The van der Waals surface area contributed by atoms with Crippen LogP contribution in [0.2, 0.25) is 0 Å². The van der Waals surface area contributed by atoms with Crippen molar-refractivity contribution in [1.29, 1.82) is 0 Å². The Morgan fingerprint density at radius 3 is 2.67 bits per heavy atom. The standard InChI is InChI=1S/C17H27N3O/c1-4-16-7-6-12-20(16)17(21)19-15-10-8-14(9-11-15)13(3)18-5-2/h8-11,13,16,18H,4-7,12H2,1-3H3,(H,19,21). The molecule has 0 bridgehead atoms. The molecule has 0 aliphatic carbocycles. The third-order valence-electron chi connectivity index (χ3n) is 4.28. The van der Waals surface area contributed by atoms with Gasteiger partial charge in [0.15, 0.2) is 0 Å². The van der Waals surface area contributed by atoms with E-state index in [0.717, 1.165) is 38.0 Å². The minimum absolute atomic E-state index is 0.0341. The second kappa shape index (κ2) is 7.46. The van der Waals surface area contributed by atoms with Crippen LogP contribution in [-0.2, 0) is 0 Å². The lowest BCUT2D eigenvalue weighted by Crippen LogP contribution is -2.38. The molecule has 0 spiro atoms. The fourth-order valence-corrected chi connectivity index (χ4v) is 3.00. The van der Waals surface area contributed by atoms with Crippen LogP contribution in [0.25, 0.3) is 0 Å². The maximum absolute atomic E-state index is 12.3. The maximum atomic E-state index is 12.3. The lowest BCUT2D eigenvalue weighted by Gasteiger charge is -2.24. The van der Waals surface area contributed by atoms with Crippen LogP contribution in [-0.4, -0.2) is 30.1 Å². The van der Waals surface area contributed by atoms with Crippen molar-refractivity contribution in [1.82, 2.24) is 10.2 Å². The van der Waals surface area contributed by atoms with Crippen molar-refractivity contribution in [3.63, 3.8) is 0 Å². The highest BCUT2D eigenvalue weighted by molar-refractivity contribution is 5.89. The van der Waals surface area contributed by atoms with Gasteiger partial charge in [0, 0.05) is 24.3 Å². The molecule has 116 valence electrons. The minimum Gasteiger partial charge on any atom is -0.322 e. The summed E-state index contributed by atoms with van der Waals surface area (Å²) in [4.78, 5) is 14.3. The molecular weight excluding hydrogens is 262 g/mol. The largest absolute Gasteiger partial charge is 0.322 e. The monoisotopic (exact) mass is 289 g/mol. The summed E-state index contributed by atoms with van der Waals surface area (Å²) in [7, 11) is 0. The zero-order chi connectivity index (χ0) is 15.2. The zero-order valence-electron chi connectivity index (χ0n) is 13.4. The van der Waals surface area contributed by atoms with E-state index in [9.17, 15) is 4.79 Å². The van der Waals surface area contributed by atoms with Gasteiger partial charge in [0.25, 0.3) is 0 Å². The van der Waals surface area contributed by atoms with Crippen LogP contribution in [0.15, 0.2) is 24.3 Å². The molecule has 1 fully saturated rings. The molecule has 1 saturated heterocycles. The highest BCUT2D eigenvalue weighted by Crippen LogP contribution is 2.22.